The van der Waals surface area contributed by atoms with Crippen LogP contribution in [0.4, 0.5) is 5.13 Å². The minimum Gasteiger partial charge on any atom is -0.490 e. The lowest BCUT2D eigenvalue weighted by Gasteiger charge is -2.18. The summed E-state index contributed by atoms with van der Waals surface area (Å²) in [5.74, 6) is 0.247. The molecule has 0 bridgehead atoms. The Balaban J connectivity index is 2.17. The summed E-state index contributed by atoms with van der Waals surface area (Å²) in [5, 5.41) is 7.09. The number of nitrogens with zero attached hydrogens (tertiary/aromatic N) is 2. The van der Waals surface area contributed by atoms with Gasteiger partial charge in [0.1, 0.15) is 0 Å². The highest BCUT2D eigenvalue weighted by Crippen LogP contribution is 2.37. The second-order valence-corrected chi connectivity index (χ2v) is 6.70. The van der Waals surface area contributed by atoms with Crippen molar-refractivity contribution in [1.82, 2.24) is 4.98 Å². The van der Waals surface area contributed by atoms with Gasteiger partial charge in [-0.15, -0.1) is 11.3 Å². The molecule has 1 heterocycles. The van der Waals surface area contributed by atoms with Gasteiger partial charge in [-0.1, -0.05) is 11.6 Å². The molecule has 146 valence electrons. The van der Waals surface area contributed by atoms with Crippen LogP contribution < -0.4 is 14.9 Å². The molecule has 0 amide bonds. The highest BCUT2D eigenvalue weighted by Gasteiger charge is 2.20. The molecule has 0 radical (unpaired) electrons. The van der Waals surface area contributed by atoms with E-state index in [-0.39, 0.29) is 6.61 Å². The molecule has 2 rings (SSSR count). The summed E-state index contributed by atoms with van der Waals surface area (Å²) >= 11 is 7.81. The first-order valence-electron chi connectivity index (χ1n) is 8.45. The van der Waals surface area contributed by atoms with Crippen LogP contribution in [0.15, 0.2) is 22.6 Å². The first kappa shape index (κ1) is 21.0. The maximum Gasteiger partial charge on any atom is 0.347 e. The van der Waals surface area contributed by atoms with Crippen molar-refractivity contribution in [1.29, 1.82) is 0 Å². The molecular weight excluding hydrogens is 390 g/mol. The predicted octanol–water partition coefficient (Wildman–Crippen LogP) is 4.28. The molecule has 1 aromatic carbocycles. The van der Waals surface area contributed by atoms with E-state index < -0.39 is 12.1 Å². The molecule has 7 nitrogen and oxygen atoms in total. The number of benzene rings is 1. The van der Waals surface area contributed by atoms with Gasteiger partial charge in [-0.2, -0.15) is 5.10 Å². The van der Waals surface area contributed by atoms with E-state index >= 15 is 0 Å². The van der Waals surface area contributed by atoms with Crippen LogP contribution in [0.5, 0.6) is 11.5 Å². The highest BCUT2D eigenvalue weighted by molar-refractivity contribution is 7.13. The zero-order valence-corrected chi connectivity index (χ0v) is 17.2. The molecule has 27 heavy (non-hydrogen) atoms. The number of halogens is 1. The minimum atomic E-state index is -0.809. The number of esters is 1. The number of carbonyl (C=O) groups excluding carboxylic acids is 1. The summed E-state index contributed by atoms with van der Waals surface area (Å²) in [4.78, 5) is 16.1. The van der Waals surface area contributed by atoms with Crippen molar-refractivity contribution in [3.8, 4) is 11.5 Å². The lowest BCUT2D eigenvalue weighted by Crippen LogP contribution is -2.26. The number of hydrazone groups is 1. The van der Waals surface area contributed by atoms with Crippen molar-refractivity contribution in [2.24, 2.45) is 5.10 Å². The van der Waals surface area contributed by atoms with E-state index in [0.717, 1.165) is 5.69 Å². The first-order valence-corrected chi connectivity index (χ1v) is 9.71. The van der Waals surface area contributed by atoms with Crippen molar-refractivity contribution in [3.63, 3.8) is 0 Å². The summed E-state index contributed by atoms with van der Waals surface area (Å²) < 4.78 is 16.2. The van der Waals surface area contributed by atoms with Gasteiger partial charge in [-0.3, -0.25) is 5.43 Å². The van der Waals surface area contributed by atoms with E-state index in [9.17, 15) is 4.79 Å². The van der Waals surface area contributed by atoms with Crippen LogP contribution in [0.1, 0.15) is 32.0 Å². The van der Waals surface area contributed by atoms with E-state index in [4.69, 9.17) is 25.8 Å². The van der Waals surface area contributed by atoms with E-state index in [2.05, 4.69) is 15.5 Å². The Hall–Kier alpha value is -2.32. The smallest absolute Gasteiger partial charge is 0.347 e. The van der Waals surface area contributed by atoms with Crippen molar-refractivity contribution >= 4 is 40.3 Å². The topological polar surface area (TPSA) is 82.0 Å². The summed E-state index contributed by atoms with van der Waals surface area (Å²) in [7, 11) is 0. The van der Waals surface area contributed by atoms with Gasteiger partial charge in [0.2, 0.25) is 5.13 Å². The highest BCUT2D eigenvalue weighted by atomic mass is 35.5. The number of ether oxygens (including phenoxy) is 3. The number of thiazole rings is 1. The number of carbonyl (C=O) groups is 1. The van der Waals surface area contributed by atoms with Crippen molar-refractivity contribution < 1.29 is 19.0 Å². The Morgan fingerprint density at radius 1 is 1.41 bits per heavy atom. The van der Waals surface area contributed by atoms with E-state index in [0.29, 0.717) is 33.8 Å². The molecule has 0 aliphatic rings. The van der Waals surface area contributed by atoms with Crippen molar-refractivity contribution in [2.75, 3.05) is 18.6 Å². The molecule has 9 heteroatoms. The zero-order chi connectivity index (χ0) is 19.8. The largest absolute Gasteiger partial charge is 0.490 e. The predicted molar refractivity (Wildman–Crippen MR) is 107 cm³/mol. The SMILES string of the molecule is CCOC(=O)C(C)Oc1c(Cl)cc(C=NNc2nc(C)cs2)cc1OCC. The van der Waals surface area contributed by atoms with Crippen LogP contribution in [0.3, 0.4) is 0 Å². The summed E-state index contributed by atoms with van der Waals surface area (Å²) in [6.45, 7) is 7.78. The zero-order valence-electron chi connectivity index (χ0n) is 15.6. The van der Waals surface area contributed by atoms with Gasteiger partial charge >= 0.3 is 5.97 Å². The van der Waals surface area contributed by atoms with Crippen molar-refractivity contribution in [3.05, 3.63) is 33.8 Å². The second-order valence-electron chi connectivity index (χ2n) is 5.44. The lowest BCUT2D eigenvalue weighted by molar-refractivity contribution is -0.150. The number of anilines is 1. The minimum absolute atomic E-state index is 0.277. The molecule has 0 aliphatic heterocycles. The van der Waals surface area contributed by atoms with E-state index in [1.165, 1.54) is 11.3 Å². The monoisotopic (exact) mass is 411 g/mol. The molecule has 1 N–H and O–H groups in total. The Labute approximate surface area is 167 Å². The Morgan fingerprint density at radius 2 is 2.19 bits per heavy atom. The third-order valence-electron chi connectivity index (χ3n) is 3.24. The quantitative estimate of drug-likeness (QED) is 0.376. The van der Waals surface area contributed by atoms with Crippen LogP contribution in [-0.2, 0) is 9.53 Å². The Kier molecular flexibility index (Phi) is 7.87. The second kappa shape index (κ2) is 10.1. The van der Waals surface area contributed by atoms with Gasteiger partial charge in [0.05, 0.1) is 30.1 Å². The molecule has 0 fully saturated rings. The average molecular weight is 412 g/mol. The molecule has 1 atom stereocenters. The van der Waals surface area contributed by atoms with Gasteiger partial charge in [-0.25, -0.2) is 9.78 Å². The Morgan fingerprint density at radius 3 is 2.81 bits per heavy atom. The number of hydrogen-bond acceptors (Lipinski definition) is 8. The molecular formula is C18H22ClN3O4S. The molecule has 0 spiro atoms. The number of hydrogen-bond donors (Lipinski definition) is 1. The summed E-state index contributed by atoms with van der Waals surface area (Å²) in [5.41, 5.74) is 4.50. The summed E-state index contributed by atoms with van der Waals surface area (Å²) in [6, 6.07) is 3.41. The van der Waals surface area contributed by atoms with Gasteiger partial charge < -0.3 is 14.2 Å². The van der Waals surface area contributed by atoms with Crippen LogP contribution in [0.2, 0.25) is 5.02 Å². The van der Waals surface area contributed by atoms with Gasteiger partial charge in [0.15, 0.2) is 17.6 Å². The molecule has 1 unspecified atom stereocenters. The van der Waals surface area contributed by atoms with Gasteiger partial charge in [0, 0.05) is 5.38 Å². The van der Waals surface area contributed by atoms with E-state index in [1.54, 1.807) is 32.2 Å². The number of rotatable bonds is 9. The van der Waals surface area contributed by atoms with Crippen LogP contribution in [0, 0.1) is 6.92 Å². The average Bonchev–Trinajstić information content (AvgIpc) is 3.03. The standard InChI is InChI=1S/C18H22ClN3O4S/c1-5-24-15-8-13(9-20-22-18-21-11(3)10-27-18)7-14(19)16(15)26-12(4)17(23)25-6-2/h7-10,12H,5-6H2,1-4H3,(H,21,22). The Bertz CT molecular complexity index is 810. The first-order chi connectivity index (χ1) is 12.9. The molecule has 1 aromatic heterocycles. The molecule has 2 aromatic rings. The number of nitrogens with one attached hydrogen (secondary N) is 1. The third kappa shape index (κ3) is 6.11. The van der Waals surface area contributed by atoms with Crippen molar-refractivity contribution in [2.45, 2.75) is 33.8 Å². The summed E-state index contributed by atoms with van der Waals surface area (Å²) in [6.07, 6.45) is 0.792. The van der Waals surface area contributed by atoms with E-state index in [1.807, 2.05) is 19.2 Å². The maximum absolute atomic E-state index is 11.8. The number of aryl methyl sites for hydroxylation is 1. The molecule has 0 aliphatic carbocycles. The third-order valence-corrected chi connectivity index (χ3v) is 4.38. The molecule has 0 saturated carbocycles. The fraction of sp³-hybridized carbons (Fsp3) is 0.389. The fourth-order valence-corrected chi connectivity index (χ4v) is 2.99. The maximum atomic E-state index is 11.8. The fourth-order valence-electron chi connectivity index (χ4n) is 2.09. The van der Waals surface area contributed by atoms with Crippen LogP contribution >= 0.6 is 22.9 Å². The van der Waals surface area contributed by atoms with Crippen LogP contribution in [0.25, 0.3) is 0 Å². The lowest BCUT2D eigenvalue weighted by atomic mass is 10.2. The van der Waals surface area contributed by atoms with Gasteiger partial charge in [-0.05, 0) is 45.4 Å². The van der Waals surface area contributed by atoms with Crippen LogP contribution in [-0.4, -0.2) is 36.5 Å². The normalized spacial score (nSPS) is 12.0. The molecule has 0 saturated heterocycles. The van der Waals surface area contributed by atoms with Gasteiger partial charge in [0.25, 0.3) is 0 Å². The number of aromatic nitrogens is 1.